The van der Waals surface area contributed by atoms with Crippen molar-refractivity contribution in [2.45, 2.75) is 6.54 Å². The van der Waals surface area contributed by atoms with Crippen LogP contribution in [0.1, 0.15) is 5.56 Å². The second kappa shape index (κ2) is 4.74. The number of rotatable bonds is 3. The predicted octanol–water partition coefficient (Wildman–Crippen LogP) is 1.49. The zero-order chi connectivity index (χ0) is 12.3. The Morgan fingerprint density at radius 1 is 1.24 bits per heavy atom. The van der Waals surface area contributed by atoms with Crippen molar-refractivity contribution in [3.05, 3.63) is 58.5 Å². The molecule has 0 saturated heterocycles. The summed E-state index contributed by atoms with van der Waals surface area (Å²) in [6.45, 7) is 0.531. The number of nitrogens with two attached hydrogens (primary N) is 1. The van der Waals surface area contributed by atoms with E-state index in [0.29, 0.717) is 12.2 Å². The van der Waals surface area contributed by atoms with E-state index in [2.05, 4.69) is 0 Å². The molecule has 0 fully saturated rings. The van der Waals surface area contributed by atoms with Crippen LogP contribution in [-0.4, -0.2) is 11.7 Å². The van der Waals surface area contributed by atoms with Crippen molar-refractivity contribution < 1.29 is 4.74 Å². The highest BCUT2D eigenvalue weighted by atomic mass is 16.5. The van der Waals surface area contributed by atoms with Crippen LogP contribution in [0.15, 0.2) is 47.4 Å². The average molecular weight is 230 g/mol. The molecule has 2 rings (SSSR count). The molecule has 0 bridgehead atoms. The third-order valence-corrected chi connectivity index (χ3v) is 2.53. The lowest BCUT2D eigenvalue weighted by molar-refractivity contribution is 0.414. The van der Waals surface area contributed by atoms with Gasteiger partial charge >= 0.3 is 0 Å². The van der Waals surface area contributed by atoms with Crippen molar-refractivity contribution in [1.29, 1.82) is 0 Å². The van der Waals surface area contributed by atoms with Gasteiger partial charge in [0.1, 0.15) is 5.75 Å². The van der Waals surface area contributed by atoms with E-state index in [4.69, 9.17) is 10.5 Å². The fourth-order valence-corrected chi connectivity index (χ4v) is 1.58. The maximum Gasteiger partial charge on any atom is 0.252 e. The summed E-state index contributed by atoms with van der Waals surface area (Å²) in [5, 5.41) is 0. The number of benzene rings is 1. The Morgan fingerprint density at radius 2 is 1.94 bits per heavy atom. The molecule has 4 heteroatoms. The highest BCUT2D eigenvalue weighted by molar-refractivity contribution is 5.34. The van der Waals surface area contributed by atoms with Gasteiger partial charge < -0.3 is 15.0 Å². The van der Waals surface area contributed by atoms with Crippen molar-refractivity contribution in [2.75, 3.05) is 12.8 Å². The Labute approximate surface area is 99.3 Å². The predicted molar refractivity (Wildman–Crippen MR) is 67.2 cm³/mol. The Balaban J connectivity index is 2.22. The summed E-state index contributed by atoms with van der Waals surface area (Å²) in [7, 11) is 1.62. The first-order chi connectivity index (χ1) is 8.19. The van der Waals surface area contributed by atoms with Crippen LogP contribution in [0.3, 0.4) is 0 Å². The summed E-state index contributed by atoms with van der Waals surface area (Å²) in [6.07, 6.45) is 1.70. The Bertz CT molecular complexity index is 558. The smallest absolute Gasteiger partial charge is 0.252 e. The molecule has 4 nitrogen and oxygen atoms in total. The van der Waals surface area contributed by atoms with Gasteiger partial charge in [0.15, 0.2) is 0 Å². The highest BCUT2D eigenvalue weighted by Gasteiger charge is 1.99. The van der Waals surface area contributed by atoms with Gasteiger partial charge in [0.05, 0.1) is 13.7 Å². The minimum atomic E-state index is -0.0965. The molecule has 0 aliphatic carbocycles. The quantitative estimate of drug-likeness (QED) is 0.869. The van der Waals surface area contributed by atoms with E-state index >= 15 is 0 Å². The van der Waals surface area contributed by atoms with Crippen LogP contribution in [-0.2, 0) is 6.54 Å². The van der Waals surface area contributed by atoms with Gasteiger partial charge in [-0.05, 0) is 23.8 Å². The average Bonchev–Trinajstić information content (AvgIpc) is 2.34. The summed E-state index contributed by atoms with van der Waals surface area (Å²) in [4.78, 5) is 11.6. The molecule has 2 aromatic rings. The second-order valence-electron chi connectivity index (χ2n) is 3.77. The van der Waals surface area contributed by atoms with E-state index in [1.54, 1.807) is 23.9 Å². The molecular formula is C13H14N2O2. The summed E-state index contributed by atoms with van der Waals surface area (Å²) in [6, 6.07) is 10.7. The van der Waals surface area contributed by atoms with Crippen molar-refractivity contribution >= 4 is 5.69 Å². The Morgan fingerprint density at radius 3 is 2.53 bits per heavy atom. The number of hydrogen-bond acceptors (Lipinski definition) is 3. The van der Waals surface area contributed by atoms with Crippen molar-refractivity contribution in [3.63, 3.8) is 0 Å². The minimum absolute atomic E-state index is 0.0965. The van der Waals surface area contributed by atoms with Crippen LogP contribution in [0.25, 0.3) is 0 Å². The third-order valence-electron chi connectivity index (χ3n) is 2.53. The summed E-state index contributed by atoms with van der Waals surface area (Å²) in [5.74, 6) is 0.804. The molecule has 0 spiro atoms. The zero-order valence-electron chi connectivity index (χ0n) is 9.59. The normalized spacial score (nSPS) is 10.2. The molecule has 0 amide bonds. The molecule has 0 radical (unpaired) electrons. The fourth-order valence-electron chi connectivity index (χ4n) is 1.58. The molecule has 88 valence electrons. The zero-order valence-corrected chi connectivity index (χ0v) is 9.59. The van der Waals surface area contributed by atoms with Crippen molar-refractivity contribution in [1.82, 2.24) is 4.57 Å². The number of ether oxygens (including phenoxy) is 1. The number of methoxy groups -OCH3 is 1. The molecule has 0 unspecified atom stereocenters. The monoisotopic (exact) mass is 230 g/mol. The van der Waals surface area contributed by atoms with Crippen LogP contribution in [0.5, 0.6) is 5.75 Å². The van der Waals surface area contributed by atoms with E-state index in [1.165, 1.54) is 6.07 Å². The topological polar surface area (TPSA) is 57.2 Å². The first kappa shape index (κ1) is 11.3. The van der Waals surface area contributed by atoms with Crippen LogP contribution in [0.4, 0.5) is 5.69 Å². The van der Waals surface area contributed by atoms with Crippen LogP contribution < -0.4 is 16.0 Å². The first-order valence-corrected chi connectivity index (χ1v) is 5.28. The fraction of sp³-hybridized carbons (Fsp3) is 0.154. The van der Waals surface area contributed by atoms with Crippen molar-refractivity contribution in [3.8, 4) is 5.75 Å². The lowest BCUT2D eigenvalue weighted by atomic mass is 10.2. The number of aromatic nitrogens is 1. The molecule has 0 atom stereocenters. The number of anilines is 1. The molecule has 0 saturated carbocycles. The standard InChI is InChI=1S/C13H14N2O2/c1-17-12-4-2-10(3-5-12)9-15-7-6-11(14)8-13(15)16/h2-8H,9,14H2,1H3. The van der Waals surface area contributed by atoms with Crippen LogP contribution in [0, 0.1) is 0 Å². The summed E-state index contributed by atoms with van der Waals surface area (Å²) < 4.78 is 6.68. The van der Waals surface area contributed by atoms with Gasteiger partial charge in [-0.15, -0.1) is 0 Å². The van der Waals surface area contributed by atoms with Gasteiger partial charge in [0.25, 0.3) is 5.56 Å². The third kappa shape index (κ3) is 2.66. The molecule has 1 aromatic carbocycles. The lowest BCUT2D eigenvalue weighted by Crippen LogP contribution is -2.19. The Kier molecular flexibility index (Phi) is 3.14. The largest absolute Gasteiger partial charge is 0.497 e. The minimum Gasteiger partial charge on any atom is -0.497 e. The molecule has 0 aliphatic rings. The lowest BCUT2D eigenvalue weighted by Gasteiger charge is -2.06. The maximum absolute atomic E-state index is 11.6. The molecule has 2 N–H and O–H groups in total. The molecule has 17 heavy (non-hydrogen) atoms. The van der Waals surface area contributed by atoms with E-state index in [9.17, 15) is 4.79 Å². The van der Waals surface area contributed by atoms with E-state index in [1.807, 2.05) is 24.3 Å². The second-order valence-corrected chi connectivity index (χ2v) is 3.77. The number of nitrogens with zero attached hydrogens (tertiary/aromatic N) is 1. The van der Waals surface area contributed by atoms with E-state index in [0.717, 1.165) is 11.3 Å². The van der Waals surface area contributed by atoms with Gasteiger partial charge in [-0.2, -0.15) is 0 Å². The molecule has 0 aliphatic heterocycles. The van der Waals surface area contributed by atoms with Gasteiger partial charge in [0, 0.05) is 18.0 Å². The SMILES string of the molecule is COc1ccc(Cn2ccc(N)cc2=O)cc1. The summed E-state index contributed by atoms with van der Waals surface area (Å²) in [5.41, 5.74) is 6.96. The van der Waals surface area contributed by atoms with Gasteiger partial charge in [0.2, 0.25) is 0 Å². The number of nitrogen functional groups attached to an aromatic ring is 1. The molecular weight excluding hydrogens is 216 g/mol. The van der Waals surface area contributed by atoms with E-state index in [-0.39, 0.29) is 5.56 Å². The number of pyridine rings is 1. The van der Waals surface area contributed by atoms with Gasteiger partial charge in [-0.3, -0.25) is 4.79 Å². The summed E-state index contributed by atoms with van der Waals surface area (Å²) >= 11 is 0. The first-order valence-electron chi connectivity index (χ1n) is 5.28. The van der Waals surface area contributed by atoms with E-state index < -0.39 is 0 Å². The van der Waals surface area contributed by atoms with Gasteiger partial charge in [-0.25, -0.2) is 0 Å². The molecule has 1 heterocycles. The highest BCUT2D eigenvalue weighted by Crippen LogP contribution is 2.11. The maximum atomic E-state index is 11.6. The number of hydrogen-bond donors (Lipinski definition) is 1. The van der Waals surface area contributed by atoms with Crippen LogP contribution >= 0.6 is 0 Å². The van der Waals surface area contributed by atoms with Gasteiger partial charge in [-0.1, -0.05) is 12.1 Å². The Hall–Kier alpha value is -2.23. The van der Waals surface area contributed by atoms with Crippen molar-refractivity contribution in [2.24, 2.45) is 0 Å². The van der Waals surface area contributed by atoms with Crippen LogP contribution in [0.2, 0.25) is 0 Å². The molecule has 1 aromatic heterocycles.